The number of hydrogen-bond acceptors (Lipinski definition) is 4. The molecule has 25 heavy (non-hydrogen) atoms. The summed E-state index contributed by atoms with van der Waals surface area (Å²) in [5, 5.41) is 0. The summed E-state index contributed by atoms with van der Waals surface area (Å²) in [6, 6.07) is 18.0. The molecule has 4 rings (SSSR count). The molecule has 0 radical (unpaired) electrons. The van der Waals surface area contributed by atoms with Crippen LogP contribution in [0.3, 0.4) is 0 Å². The maximum absolute atomic E-state index is 12.7. The molecule has 0 unspecified atom stereocenters. The van der Waals surface area contributed by atoms with E-state index in [4.69, 9.17) is 4.74 Å². The molecule has 2 heterocycles. The Morgan fingerprint density at radius 3 is 2.72 bits per heavy atom. The maximum Gasteiger partial charge on any atom is 0.273 e. The topological polar surface area (TPSA) is 47.4 Å². The third kappa shape index (κ3) is 3.21. The highest BCUT2D eigenvalue weighted by molar-refractivity contribution is 5.74. The molecule has 1 saturated heterocycles. The third-order valence-corrected chi connectivity index (χ3v) is 4.75. The van der Waals surface area contributed by atoms with Crippen LogP contribution in [-0.4, -0.2) is 34.1 Å². The van der Waals surface area contributed by atoms with E-state index in [1.54, 1.807) is 4.57 Å². The van der Waals surface area contributed by atoms with Gasteiger partial charge in [0, 0.05) is 26.7 Å². The Balaban J connectivity index is 1.59. The van der Waals surface area contributed by atoms with Crippen LogP contribution in [0.4, 0.5) is 0 Å². The van der Waals surface area contributed by atoms with Crippen LogP contribution in [0.1, 0.15) is 17.4 Å². The van der Waals surface area contributed by atoms with Gasteiger partial charge in [-0.05, 0) is 17.7 Å². The Morgan fingerprint density at radius 1 is 1.12 bits per heavy atom. The minimum Gasteiger partial charge on any atom is -0.371 e. The molecule has 5 heteroatoms. The van der Waals surface area contributed by atoms with Gasteiger partial charge in [-0.1, -0.05) is 42.5 Å². The van der Waals surface area contributed by atoms with Crippen LogP contribution in [0, 0.1) is 0 Å². The molecule has 0 N–H and O–H groups in total. The van der Waals surface area contributed by atoms with Crippen LogP contribution in [0.2, 0.25) is 0 Å². The van der Waals surface area contributed by atoms with E-state index in [1.807, 2.05) is 49.5 Å². The van der Waals surface area contributed by atoms with Crippen molar-refractivity contribution in [1.82, 2.24) is 14.5 Å². The lowest BCUT2D eigenvalue weighted by molar-refractivity contribution is -0.0334. The summed E-state index contributed by atoms with van der Waals surface area (Å²) >= 11 is 0. The monoisotopic (exact) mass is 335 g/mol. The number of hydrogen-bond donors (Lipinski definition) is 0. The van der Waals surface area contributed by atoms with Gasteiger partial charge in [0.25, 0.3) is 5.56 Å². The molecule has 1 atom stereocenters. The molecule has 1 aliphatic rings. The van der Waals surface area contributed by atoms with Crippen molar-refractivity contribution in [3.63, 3.8) is 0 Å². The number of fused-ring (bicyclic) bond motifs is 1. The van der Waals surface area contributed by atoms with Crippen molar-refractivity contribution in [2.75, 3.05) is 19.7 Å². The third-order valence-electron chi connectivity index (χ3n) is 4.75. The second kappa shape index (κ2) is 6.78. The highest BCUT2D eigenvalue weighted by Gasteiger charge is 2.23. The molecule has 0 amide bonds. The van der Waals surface area contributed by atoms with Crippen LogP contribution in [0.5, 0.6) is 0 Å². The number of morpholine rings is 1. The first-order valence-electron chi connectivity index (χ1n) is 8.56. The lowest BCUT2D eigenvalue weighted by Gasteiger charge is -2.32. The second-order valence-corrected chi connectivity index (χ2v) is 6.42. The van der Waals surface area contributed by atoms with Gasteiger partial charge in [-0.25, -0.2) is 4.98 Å². The summed E-state index contributed by atoms with van der Waals surface area (Å²) < 4.78 is 7.60. The molecule has 1 fully saturated rings. The summed E-state index contributed by atoms with van der Waals surface area (Å²) in [4.78, 5) is 19.5. The van der Waals surface area contributed by atoms with Gasteiger partial charge in [-0.2, -0.15) is 0 Å². The molecule has 5 nitrogen and oxygen atoms in total. The zero-order valence-electron chi connectivity index (χ0n) is 14.3. The molecular formula is C20H21N3O2. The van der Waals surface area contributed by atoms with E-state index in [1.165, 1.54) is 5.56 Å². The number of ether oxygens (including phenoxy) is 1. The fraction of sp³-hybridized carbons (Fsp3) is 0.300. The Morgan fingerprint density at radius 2 is 1.88 bits per heavy atom. The maximum atomic E-state index is 12.7. The van der Waals surface area contributed by atoms with Gasteiger partial charge >= 0.3 is 0 Å². The van der Waals surface area contributed by atoms with E-state index in [2.05, 4.69) is 22.0 Å². The number of benzene rings is 2. The first kappa shape index (κ1) is 16.0. The largest absolute Gasteiger partial charge is 0.371 e. The number of nitrogens with zero attached hydrogens (tertiary/aromatic N) is 3. The summed E-state index contributed by atoms with van der Waals surface area (Å²) in [5.74, 6) is 0. The summed E-state index contributed by atoms with van der Waals surface area (Å²) in [5.41, 5.74) is 3.45. The molecule has 0 saturated carbocycles. The van der Waals surface area contributed by atoms with Crippen molar-refractivity contribution in [2.24, 2.45) is 7.05 Å². The average molecular weight is 335 g/mol. The molecule has 1 aromatic heterocycles. The number of aryl methyl sites for hydroxylation is 1. The summed E-state index contributed by atoms with van der Waals surface area (Å²) in [6.07, 6.45) is 0.0410. The van der Waals surface area contributed by atoms with E-state index in [0.717, 1.165) is 24.1 Å². The SMILES string of the molecule is Cn1c(=O)c(CN2CCO[C@H](c3ccccc3)C2)nc2ccccc21. The fourth-order valence-corrected chi connectivity index (χ4v) is 3.37. The molecular weight excluding hydrogens is 314 g/mol. The molecule has 0 aliphatic carbocycles. The van der Waals surface area contributed by atoms with Crippen LogP contribution < -0.4 is 5.56 Å². The van der Waals surface area contributed by atoms with Gasteiger partial charge in [-0.3, -0.25) is 9.69 Å². The predicted octanol–water partition coefficient (Wildman–Crippen LogP) is 2.51. The first-order valence-corrected chi connectivity index (χ1v) is 8.56. The van der Waals surface area contributed by atoms with E-state index >= 15 is 0 Å². The fourth-order valence-electron chi connectivity index (χ4n) is 3.37. The van der Waals surface area contributed by atoms with Crippen molar-refractivity contribution in [3.05, 3.63) is 76.2 Å². The zero-order chi connectivity index (χ0) is 17.2. The highest BCUT2D eigenvalue weighted by Crippen LogP contribution is 2.22. The number of rotatable bonds is 3. The summed E-state index contributed by atoms with van der Waals surface area (Å²) in [7, 11) is 1.81. The highest BCUT2D eigenvalue weighted by atomic mass is 16.5. The van der Waals surface area contributed by atoms with E-state index < -0.39 is 0 Å². The Labute approximate surface area is 146 Å². The first-order chi connectivity index (χ1) is 12.2. The molecule has 128 valence electrons. The molecule has 1 aliphatic heterocycles. The van der Waals surface area contributed by atoms with Gasteiger partial charge in [-0.15, -0.1) is 0 Å². The van der Waals surface area contributed by atoms with Crippen LogP contribution >= 0.6 is 0 Å². The molecule has 2 aromatic carbocycles. The van der Waals surface area contributed by atoms with Crippen molar-refractivity contribution in [3.8, 4) is 0 Å². The average Bonchev–Trinajstić information content (AvgIpc) is 2.67. The van der Waals surface area contributed by atoms with Crippen molar-refractivity contribution in [2.45, 2.75) is 12.6 Å². The molecule has 0 spiro atoms. The second-order valence-electron chi connectivity index (χ2n) is 6.42. The van der Waals surface area contributed by atoms with Gasteiger partial charge < -0.3 is 9.30 Å². The number of aromatic nitrogens is 2. The zero-order valence-corrected chi connectivity index (χ0v) is 14.3. The lowest BCUT2D eigenvalue weighted by Crippen LogP contribution is -2.39. The van der Waals surface area contributed by atoms with E-state index in [9.17, 15) is 4.79 Å². The van der Waals surface area contributed by atoms with E-state index in [-0.39, 0.29) is 11.7 Å². The smallest absolute Gasteiger partial charge is 0.273 e. The van der Waals surface area contributed by atoms with Crippen molar-refractivity contribution < 1.29 is 4.74 Å². The van der Waals surface area contributed by atoms with Crippen molar-refractivity contribution >= 4 is 11.0 Å². The quantitative estimate of drug-likeness (QED) is 0.738. The lowest BCUT2D eigenvalue weighted by atomic mass is 10.1. The van der Waals surface area contributed by atoms with Gasteiger partial charge in [0.05, 0.1) is 23.7 Å². The number of para-hydroxylation sites is 2. The Hall–Kier alpha value is -2.50. The Kier molecular flexibility index (Phi) is 4.34. The standard InChI is InChI=1S/C20H21N3O2/c1-22-18-10-6-5-9-16(18)21-17(20(22)24)13-23-11-12-25-19(14-23)15-7-3-2-4-8-15/h2-10,19H,11-14H2,1H3/t19-/m0/s1. The minimum absolute atomic E-state index is 0.0264. The summed E-state index contributed by atoms with van der Waals surface area (Å²) in [6.45, 7) is 2.78. The van der Waals surface area contributed by atoms with Crippen LogP contribution in [0.15, 0.2) is 59.4 Å². The van der Waals surface area contributed by atoms with Gasteiger partial charge in [0.15, 0.2) is 0 Å². The predicted molar refractivity (Wildman–Crippen MR) is 97.4 cm³/mol. The normalized spacial score (nSPS) is 18.5. The molecule has 3 aromatic rings. The van der Waals surface area contributed by atoms with Gasteiger partial charge in [0.2, 0.25) is 0 Å². The van der Waals surface area contributed by atoms with Gasteiger partial charge in [0.1, 0.15) is 5.69 Å². The van der Waals surface area contributed by atoms with Crippen LogP contribution in [-0.2, 0) is 18.3 Å². The Bertz CT molecular complexity index is 937. The van der Waals surface area contributed by atoms with Crippen molar-refractivity contribution in [1.29, 1.82) is 0 Å². The van der Waals surface area contributed by atoms with Crippen LogP contribution in [0.25, 0.3) is 11.0 Å². The minimum atomic E-state index is -0.0264. The van der Waals surface area contributed by atoms with E-state index in [0.29, 0.717) is 18.8 Å². The molecule has 0 bridgehead atoms.